The van der Waals surface area contributed by atoms with Crippen molar-refractivity contribution in [3.8, 4) is 10.6 Å². The standard InChI is InChI=1S/C22H17N5O3S/c28-20-15-8-4-5-9-16(15)24-21(29)17(25-20)11-19-26-18(27-30-19)10-14-12-31-22(23-14)13-6-2-1-3-7-13/h1-9,12,17H,10-11H2,(H,24,29)(H,25,28)/t17-/m0/s1. The Balaban J connectivity index is 1.27. The molecule has 9 heteroatoms. The number of para-hydroxylation sites is 1. The summed E-state index contributed by atoms with van der Waals surface area (Å²) in [5.74, 6) is 0.100. The van der Waals surface area contributed by atoms with Crippen LogP contribution in [0.2, 0.25) is 0 Å². The van der Waals surface area contributed by atoms with E-state index in [1.807, 2.05) is 35.7 Å². The van der Waals surface area contributed by atoms with Gasteiger partial charge in [0.2, 0.25) is 11.8 Å². The van der Waals surface area contributed by atoms with Crippen LogP contribution in [0.25, 0.3) is 10.6 Å². The van der Waals surface area contributed by atoms with E-state index in [4.69, 9.17) is 4.52 Å². The predicted octanol–water partition coefficient (Wildman–Crippen LogP) is 3.08. The van der Waals surface area contributed by atoms with Gasteiger partial charge < -0.3 is 15.2 Å². The van der Waals surface area contributed by atoms with Crippen LogP contribution in [0.4, 0.5) is 5.69 Å². The molecule has 0 saturated carbocycles. The molecule has 3 heterocycles. The Labute approximate surface area is 181 Å². The first kappa shape index (κ1) is 19.1. The van der Waals surface area contributed by atoms with Crippen LogP contribution in [-0.2, 0) is 17.6 Å². The maximum atomic E-state index is 12.5. The Morgan fingerprint density at radius 2 is 1.81 bits per heavy atom. The fourth-order valence-corrected chi connectivity index (χ4v) is 4.16. The summed E-state index contributed by atoms with van der Waals surface area (Å²) in [6, 6.07) is 16.0. The highest BCUT2D eigenvalue weighted by Crippen LogP contribution is 2.24. The van der Waals surface area contributed by atoms with Crippen molar-refractivity contribution in [2.24, 2.45) is 0 Å². The van der Waals surface area contributed by atoms with E-state index < -0.39 is 6.04 Å². The van der Waals surface area contributed by atoms with Gasteiger partial charge in [-0.3, -0.25) is 9.59 Å². The average Bonchev–Trinajstić information content (AvgIpc) is 3.41. The van der Waals surface area contributed by atoms with Gasteiger partial charge >= 0.3 is 0 Å². The van der Waals surface area contributed by atoms with Crippen molar-refractivity contribution in [3.63, 3.8) is 0 Å². The monoisotopic (exact) mass is 431 g/mol. The van der Waals surface area contributed by atoms with Crippen LogP contribution in [0.15, 0.2) is 64.5 Å². The fourth-order valence-electron chi connectivity index (χ4n) is 3.34. The summed E-state index contributed by atoms with van der Waals surface area (Å²) in [4.78, 5) is 34.0. The van der Waals surface area contributed by atoms with Gasteiger partial charge in [0, 0.05) is 10.9 Å². The topological polar surface area (TPSA) is 110 Å². The fraction of sp³-hybridized carbons (Fsp3) is 0.136. The van der Waals surface area contributed by atoms with Crippen molar-refractivity contribution in [1.82, 2.24) is 20.4 Å². The maximum Gasteiger partial charge on any atom is 0.254 e. The molecule has 1 aliphatic rings. The maximum absolute atomic E-state index is 12.5. The van der Waals surface area contributed by atoms with Crippen LogP contribution >= 0.6 is 11.3 Å². The summed E-state index contributed by atoms with van der Waals surface area (Å²) in [6.45, 7) is 0. The number of aromatic nitrogens is 3. The van der Waals surface area contributed by atoms with Crippen LogP contribution in [-0.4, -0.2) is 33.0 Å². The van der Waals surface area contributed by atoms with Gasteiger partial charge in [-0.05, 0) is 12.1 Å². The Hall–Kier alpha value is -3.85. The van der Waals surface area contributed by atoms with Gasteiger partial charge in [0.1, 0.15) is 11.0 Å². The van der Waals surface area contributed by atoms with Crippen molar-refractivity contribution < 1.29 is 14.1 Å². The van der Waals surface area contributed by atoms with Crippen molar-refractivity contribution in [2.75, 3.05) is 5.32 Å². The lowest BCUT2D eigenvalue weighted by Gasteiger charge is -2.11. The zero-order chi connectivity index (χ0) is 21.2. The molecule has 31 heavy (non-hydrogen) atoms. The number of fused-ring (bicyclic) bond motifs is 1. The molecule has 0 bridgehead atoms. The summed E-state index contributed by atoms with van der Waals surface area (Å²) in [5, 5.41) is 12.4. The molecule has 1 aliphatic heterocycles. The minimum Gasteiger partial charge on any atom is -0.340 e. The highest BCUT2D eigenvalue weighted by Gasteiger charge is 2.29. The van der Waals surface area contributed by atoms with Crippen molar-refractivity contribution in [2.45, 2.75) is 18.9 Å². The molecule has 1 atom stereocenters. The summed E-state index contributed by atoms with van der Waals surface area (Å²) < 4.78 is 5.32. The molecule has 8 nitrogen and oxygen atoms in total. The number of nitrogens with one attached hydrogen (secondary N) is 2. The Kier molecular flexibility index (Phi) is 5.01. The lowest BCUT2D eigenvalue weighted by Crippen LogP contribution is -2.42. The molecule has 0 fully saturated rings. The van der Waals surface area contributed by atoms with Gasteiger partial charge in [-0.25, -0.2) is 4.98 Å². The van der Waals surface area contributed by atoms with E-state index in [0.717, 1.165) is 16.3 Å². The van der Waals surface area contributed by atoms with Gasteiger partial charge in [0.25, 0.3) is 5.91 Å². The van der Waals surface area contributed by atoms with E-state index in [1.165, 1.54) is 0 Å². The molecular formula is C22H17N5O3S. The summed E-state index contributed by atoms with van der Waals surface area (Å²) in [6.07, 6.45) is 0.520. The number of amides is 2. The zero-order valence-electron chi connectivity index (χ0n) is 16.2. The number of carbonyl (C=O) groups excluding carboxylic acids is 2. The van der Waals surface area contributed by atoms with Gasteiger partial charge in [0.15, 0.2) is 5.82 Å². The summed E-state index contributed by atoms with van der Waals surface area (Å²) in [5.41, 5.74) is 2.80. The number of carbonyl (C=O) groups is 2. The quantitative estimate of drug-likeness (QED) is 0.503. The van der Waals surface area contributed by atoms with E-state index in [1.54, 1.807) is 35.6 Å². The third kappa shape index (κ3) is 4.08. The van der Waals surface area contributed by atoms with E-state index in [9.17, 15) is 9.59 Å². The van der Waals surface area contributed by atoms with Crippen LogP contribution < -0.4 is 10.6 Å². The molecule has 2 aromatic carbocycles. The SMILES string of the molecule is O=C1N[C@@H](Cc2nc(Cc3csc(-c4ccccc4)n3)no2)C(=O)Nc2ccccc21. The lowest BCUT2D eigenvalue weighted by molar-refractivity contribution is -0.118. The zero-order valence-corrected chi connectivity index (χ0v) is 17.1. The molecule has 2 aromatic heterocycles. The molecule has 0 radical (unpaired) electrons. The molecule has 4 aromatic rings. The van der Waals surface area contributed by atoms with E-state index in [2.05, 4.69) is 25.8 Å². The minimum absolute atomic E-state index is 0.102. The van der Waals surface area contributed by atoms with Crippen molar-refractivity contribution in [3.05, 3.63) is 82.9 Å². The van der Waals surface area contributed by atoms with E-state index in [0.29, 0.717) is 23.5 Å². The molecule has 154 valence electrons. The third-order valence-electron chi connectivity index (χ3n) is 4.85. The highest BCUT2D eigenvalue weighted by atomic mass is 32.1. The molecule has 2 N–H and O–H groups in total. The molecule has 0 saturated heterocycles. The smallest absolute Gasteiger partial charge is 0.254 e. The lowest BCUT2D eigenvalue weighted by atomic mass is 10.1. The number of nitrogens with zero attached hydrogens (tertiary/aromatic N) is 3. The first-order valence-electron chi connectivity index (χ1n) is 9.68. The minimum atomic E-state index is -0.808. The number of hydrogen-bond acceptors (Lipinski definition) is 7. The number of anilines is 1. The van der Waals surface area contributed by atoms with Gasteiger partial charge in [-0.15, -0.1) is 11.3 Å². The molecule has 2 amide bonds. The van der Waals surface area contributed by atoms with Crippen molar-refractivity contribution in [1.29, 1.82) is 0 Å². The Morgan fingerprint density at radius 1 is 1.00 bits per heavy atom. The van der Waals surface area contributed by atoms with Gasteiger partial charge in [-0.1, -0.05) is 47.6 Å². The largest absolute Gasteiger partial charge is 0.340 e. The van der Waals surface area contributed by atoms with Gasteiger partial charge in [-0.2, -0.15) is 4.98 Å². The van der Waals surface area contributed by atoms with Crippen molar-refractivity contribution >= 4 is 28.8 Å². The van der Waals surface area contributed by atoms with Gasteiger partial charge in [0.05, 0.1) is 29.8 Å². The molecule has 5 rings (SSSR count). The van der Waals surface area contributed by atoms with E-state index >= 15 is 0 Å². The number of rotatable bonds is 5. The van der Waals surface area contributed by atoms with E-state index in [-0.39, 0.29) is 24.1 Å². The summed E-state index contributed by atoms with van der Waals surface area (Å²) in [7, 11) is 0. The average molecular weight is 431 g/mol. The number of hydrogen-bond donors (Lipinski definition) is 2. The molecule has 0 spiro atoms. The predicted molar refractivity (Wildman–Crippen MR) is 115 cm³/mol. The van der Waals surface area contributed by atoms with Crippen LogP contribution in [0.3, 0.4) is 0 Å². The second-order valence-electron chi connectivity index (χ2n) is 7.06. The normalized spacial score (nSPS) is 15.7. The highest BCUT2D eigenvalue weighted by molar-refractivity contribution is 7.13. The van der Waals surface area contributed by atoms with Crippen LogP contribution in [0.1, 0.15) is 27.8 Å². The van der Waals surface area contributed by atoms with Crippen LogP contribution in [0, 0.1) is 0 Å². The second-order valence-corrected chi connectivity index (χ2v) is 7.91. The summed E-state index contributed by atoms with van der Waals surface area (Å²) >= 11 is 1.56. The number of thiazole rings is 1. The first-order chi connectivity index (χ1) is 15.2. The molecule has 0 aliphatic carbocycles. The number of benzene rings is 2. The second kappa shape index (κ2) is 8.11. The molecular weight excluding hydrogens is 414 g/mol. The molecule has 0 unspecified atom stereocenters. The Morgan fingerprint density at radius 3 is 2.68 bits per heavy atom. The first-order valence-corrected chi connectivity index (χ1v) is 10.6. The van der Waals surface area contributed by atoms with Crippen LogP contribution in [0.5, 0.6) is 0 Å². The third-order valence-corrected chi connectivity index (χ3v) is 5.79. The Bertz CT molecular complexity index is 1250.